The highest BCUT2D eigenvalue weighted by molar-refractivity contribution is 7.92. The lowest BCUT2D eigenvalue weighted by atomic mass is 10.1. The molecule has 208 valence electrons. The van der Waals surface area contributed by atoms with Crippen molar-refractivity contribution in [2.45, 2.75) is 42.3 Å². The quantitative estimate of drug-likeness (QED) is 0.321. The molecule has 2 aromatic carbocycles. The number of morpholine rings is 1. The molecule has 4 aromatic rings. The molecule has 0 radical (unpaired) electrons. The minimum atomic E-state index is -3.89. The van der Waals surface area contributed by atoms with E-state index >= 15 is 0 Å². The zero-order valence-electron chi connectivity index (χ0n) is 22.5. The molecule has 2 fully saturated rings. The molecule has 1 saturated heterocycles. The lowest BCUT2D eigenvalue weighted by Gasteiger charge is -2.34. The Morgan fingerprint density at radius 2 is 1.85 bits per heavy atom. The number of hydrogen-bond acceptors (Lipinski definition) is 9. The molecular weight excluding hydrogens is 528 g/mol. The van der Waals surface area contributed by atoms with Crippen LogP contribution in [0.25, 0.3) is 11.4 Å². The van der Waals surface area contributed by atoms with Gasteiger partial charge < -0.3 is 24.7 Å². The van der Waals surface area contributed by atoms with Crippen LogP contribution in [0.5, 0.6) is 5.75 Å². The van der Waals surface area contributed by atoms with Crippen molar-refractivity contribution in [3.63, 3.8) is 0 Å². The van der Waals surface area contributed by atoms with Crippen LogP contribution >= 0.6 is 0 Å². The zero-order chi connectivity index (χ0) is 27.9. The summed E-state index contributed by atoms with van der Waals surface area (Å²) in [6.07, 6.45) is 4.16. The normalized spacial score (nSPS) is 18.4. The fraction of sp³-hybridized carbons (Fsp3) is 0.345. The first-order valence-corrected chi connectivity index (χ1v) is 14.8. The third kappa shape index (κ3) is 4.69. The van der Waals surface area contributed by atoms with Gasteiger partial charge in [0.1, 0.15) is 16.3 Å². The monoisotopic (exact) mass is 560 g/mol. The van der Waals surface area contributed by atoms with Crippen molar-refractivity contribution in [1.29, 1.82) is 0 Å². The Morgan fingerprint density at radius 1 is 1.10 bits per heavy atom. The maximum Gasteiger partial charge on any atom is 0.228 e. The van der Waals surface area contributed by atoms with Gasteiger partial charge in [0.05, 0.1) is 32.1 Å². The molecule has 1 atom stereocenters. The Kier molecular flexibility index (Phi) is 6.71. The lowest BCUT2D eigenvalue weighted by Crippen LogP contribution is -2.44. The SMILES string of the molecule is COc1ccc(Cn2ccnc2S(=O)(=O)C2(c3cc(N4CCOC[C@@H]4C)nc(-c4ccc(N)cc4)n3)CC2)cc1. The van der Waals surface area contributed by atoms with Crippen molar-refractivity contribution in [3.8, 4) is 17.1 Å². The first-order chi connectivity index (χ1) is 19.3. The van der Waals surface area contributed by atoms with E-state index in [0.717, 1.165) is 16.9 Å². The van der Waals surface area contributed by atoms with Gasteiger partial charge in [-0.1, -0.05) is 12.1 Å². The van der Waals surface area contributed by atoms with Gasteiger partial charge >= 0.3 is 0 Å². The molecule has 2 aromatic heterocycles. The highest BCUT2D eigenvalue weighted by Crippen LogP contribution is 2.55. The van der Waals surface area contributed by atoms with Crippen LogP contribution in [0.4, 0.5) is 11.5 Å². The fourth-order valence-corrected chi connectivity index (χ4v) is 7.18. The smallest absolute Gasteiger partial charge is 0.228 e. The predicted octanol–water partition coefficient (Wildman–Crippen LogP) is 3.67. The summed E-state index contributed by atoms with van der Waals surface area (Å²) in [7, 11) is -2.28. The number of nitrogen functional groups attached to an aromatic ring is 1. The third-order valence-corrected chi connectivity index (χ3v) is 10.1. The van der Waals surface area contributed by atoms with Crippen LogP contribution in [0.2, 0.25) is 0 Å². The number of aromatic nitrogens is 4. The Bertz CT molecular complexity index is 1620. The van der Waals surface area contributed by atoms with Gasteiger partial charge in [-0.3, -0.25) is 0 Å². The van der Waals surface area contributed by atoms with Gasteiger partial charge in [-0.05, 0) is 61.7 Å². The standard InChI is InChI=1S/C29H32N6O4S/c1-20-19-39-16-15-35(20)26-17-25(32-27(33-26)22-5-7-23(30)8-6-22)29(11-12-29)40(36,37)28-31-13-14-34(28)18-21-3-9-24(38-2)10-4-21/h3-10,13-14,17,20H,11-12,15-16,18-19,30H2,1-2H3/t20-/m0/s1. The molecule has 0 bridgehead atoms. The number of ether oxygens (including phenoxy) is 2. The fourth-order valence-electron chi connectivity index (χ4n) is 5.18. The van der Waals surface area contributed by atoms with Crippen molar-refractivity contribution in [2.24, 2.45) is 0 Å². The summed E-state index contributed by atoms with van der Waals surface area (Å²) in [6, 6.07) is 16.8. The van der Waals surface area contributed by atoms with Crippen molar-refractivity contribution in [3.05, 3.63) is 78.2 Å². The van der Waals surface area contributed by atoms with E-state index in [2.05, 4.69) is 16.8 Å². The van der Waals surface area contributed by atoms with Crippen LogP contribution in [-0.2, 0) is 25.9 Å². The summed E-state index contributed by atoms with van der Waals surface area (Å²) >= 11 is 0. The number of methoxy groups -OCH3 is 1. The average Bonchev–Trinajstić information content (AvgIpc) is 3.67. The molecule has 40 heavy (non-hydrogen) atoms. The van der Waals surface area contributed by atoms with Gasteiger partial charge in [-0.2, -0.15) is 0 Å². The molecule has 1 saturated carbocycles. The van der Waals surface area contributed by atoms with E-state index in [9.17, 15) is 8.42 Å². The molecule has 0 amide bonds. The molecule has 0 unspecified atom stereocenters. The Morgan fingerprint density at radius 3 is 2.52 bits per heavy atom. The molecular formula is C29H32N6O4S. The van der Waals surface area contributed by atoms with E-state index in [0.29, 0.717) is 62.2 Å². The Balaban J connectivity index is 1.41. The highest BCUT2D eigenvalue weighted by Gasteiger charge is 2.59. The molecule has 11 heteroatoms. The Hall–Kier alpha value is -3.96. The molecule has 1 aliphatic heterocycles. The predicted molar refractivity (Wildman–Crippen MR) is 152 cm³/mol. The molecule has 0 spiro atoms. The van der Waals surface area contributed by atoms with Crippen LogP contribution in [0.3, 0.4) is 0 Å². The van der Waals surface area contributed by atoms with Crippen LogP contribution in [-0.4, -0.2) is 60.8 Å². The average molecular weight is 561 g/mol. The van der Waals surface area contributed by atoms with Crippen molar-refractivity contribution >= 4 is 21.3 Å². The zero-order valence-corrected chi connectivity index (χ0v) is 23.3. The van der Waals surface area contributed by atoms with E-state index in [1.807, 2.05) is 42.5 Å². The minimum absolute atomic E-state index is 0.0368. The minimum Gasteiger partial charge on any atom is -0.497 e. The van der Waals surface area contributed by atoms with E-state index in [4.69, 9.17) is 25.2 Å². The topological polar surface area (TPSA) is 125 Å². The lowest BCUT2D eigenvalue weighted by molar-refractivity contribution is 0.0985. The number of hydrogen-bond donors (Lipinski definition) is 1. The third-order valence-electron chi connectivity index (χ3n) is 7.66. The second-order valence-corrected chi connectivity index (χ2v) is 12.5. The van der Waals surface area contributed by atoms with Crippen molar-refractivity contribution < 1.29 is 17.9 Å². The number of rotatable bonds is 8. The van der Waals surface area contributed by atoms with E-state index in [1.54, 1.807) is 30.0 Å². The molecule has 2 aliphatic rings. The van der Waals surface area contributed by atoms with E-state index < -0.39 is 14.6 Å². The van der Waals surface area contributed by atoms with Crippen LogP contribution < -0.4 is 15.4 Å². The molecule has 3 heterocycles. The summed E-state index contributed by atoms with van der Waals surface area (Å²) in [6.45, 7) is 4.25. The maximum atomic E-state index is 14.3. The summed E-state index contributed by atoms with van der Waals surface area (Å²) in [4.78, 5) is 16.2. The van der Waals surface area contributed by atoms with Gasteiger partial charge in [0.15, 0.2) is 5.82 Å². The summed E-state index contributed by atoms with van der Waals surface area (Å²) in [5.74, 6) is 1.90. The summed E-state index contributed by atoms with van der Waals surface area (Å²) in [5, 5.41) is 0.0368. The molecule has 1 aliphatic carbocycles. The molecule has 6 rings (SSSR count). The van der Waals surface area contributed by atoms with Gasteiger partial charge in [-0.25, -0.2) is 23.4 Å². The van der Waals surface area contributed by atoms with E-state index in [-0.39, 0.29) is 11.2 Å². The Labute approximate surface area is 233 Å². The number of nitrogens with zero attached hydrogens (tertiary/aromatic N) is 5. The summed E-state index contributed by atoms with van der Waals surface area (Å²) < 4.78 is 40.0. The van der Waals surface area contributed by atoms with Crippen LogP contribution in [0.1, 0.15) is 31.0 Å². The van der Waals surface area contributed by atoms with Crippen molar-refractivity contribution in [1.82, 2.24) is 19.5 Å². The highest BCUT2D eigenvalue weighted by atomic mass is 32.2. The first-order valence-electron chi connectivity index (χ1n) is 13.3. The van der Waals surface area contributed by atoms with Crippen LogP contribution in [0.15, 0.2) is 72.1 Å². The second kappa shape index (κ2) is 10.2. The maximum absolute atomic E-state index is 14.3. The van der Waals surface area contributed by atoms with Crippen molar-refractivity contribution in [2.75, 3.05) is 37.5 Å². The van der Waals surface area contributed by atoms with Gasteiger partial charge in [0.25, 0.3) is 0 Å². The number of sulfone groups is 1. The number of benzene rings is 2. The number of nitrogens with two attached hydrogens (primary N) is 1. The van der Waals surface area contributed by atoms with Gasteiger partial charge in [-0.15, -0.1) is 0 Å². The van der Waals surface area contributed by atoms with Crippen LogP contribution in [0, 0.1) is 0 Å². The second-order valence-electron chi connectivity index (χ2n) is 10.4. The summed E-state index contributed by atoms with van der Waals surface area (Å²) in [5.41, 5.74) is 8.75. The van der Waals surface area contributed by atoms with Gasteiger partial charge in [0.2, 0.25) is 15.0 Å². The van der Waals surface area contributed by atoms with Gasteiger partial charge in [0, 0.05) is 42.8 Å². The molecule has 2 N–H and O–H groups in total. The first kappa shape index (κ1) is 26.3. The largest absolute Gasteiger partial charge is 0.497 e. The molecule has 10 nitrogen and oxygen atoms in total. The van der Waals surface area contributed by atoms with E-state index in [1.165, 1.54) is 6.20 Å². The number of anilines is 2. The number of imidazole rings is 1.